The van der Waals surface area contributed by atoms with Crippen LogP contribution in [-0.4, -0.2) is 45.5 Å². The SMILES string of the molecule is CCOc1cc(/C=N\NC(=O)Cn2nnc(-c3ccccc3)n2)ccc1OCC(C)C. The van der Waals surface area contributed by atoms with E-state index in [-0.39, 0.29) is 12.5 Å². The van der Waals surface area contributed by atoms with Crippen molar-refractivity contribution in [1.82, 2.24) is 25.6 Å². The minimum atomic E-state index is -0.366. The van der Waals surface area contributed by atoms with E-state index in [4.69, 9.17) is 9.47 Å². The summed E-state index contributed by atoms with van der Waals surface area (Å²) < 4.78 is 11.4. The van der Waals surface area contributed by atoms with Gasteiger partial charge in [0.1, 0.15) is 6.54 Å². The van der Waals surface area contributed by atoms with Crippen LogP contribution in [0.3, 0.4) is 0 Å². The van der Waals surface area contributed by atoms with Gasteiger partial charge in [-0.2, -0.15) is 9.90 Å². The predicted octanol–water partition coefficient (Wildman–Crippen LogP) is 2.92. The number of hydrogen-bond acceptors (Lipinski definition) is 7. The third kappa shape index (κ3) is 6.63. The van der Waals surface area contributed by atoms with Gasteiger partial charge in [0.25, 0.3) is 5.91 Å². The molecule has 0 spiro atoms. The van der Waals surface area contributed by atoms with Crippen LogP contribution in [-0.2, 0) is 11.3 Å². The van der Waals surface area contributed by atoms with Crippen LogP contribution < -0.4 is 14.9 Å². The fourth-order valence-electron chi connectivity index (χ4n) is 2.60. The van der Waals surface area contributed by atoms with Crippen LogP contribution in [0.5, 0.6) is 11.5 Å². The highest BCUT2D eigenvalue weighted by atomic mass is 16.5. The molecule has 162 valence electrons. The maximum atomic E-state index is 12.1. The van der Waals surface area contributed by atoms with Gasteiger partial charge in [0, 0.05) is 5.56 Å². The molecule has 1 aromatic heterocycles. The molecule has 31 heavy (non-hydrogen) atoms. The van der Waals surface area contributed by atoms with Crippen molar-refractivity contribution in [1.29, 1.82) is 0 Å². The molecule has 0 atom stereocenters. The fraction of sp³-hybridized carbons (Fsp3) is 0.318. The number of amides is 1. The zero-order chi connectivity index (χ0) is 22.1. The van der Waals surface area contributed by atoms with Gasteiger partial charge in [-0.1, -0.05) is 44.2 Å². The molecule has 9 heteroatoms. The Morgan fingerprint density at radius 2 is 1.97 bits per heavy atom. The zero-order valence-electron chi connectivity index (χ0n) is 17.9. The lowest BCUT2D eigenvalue weighted by Crippen LogP contribution is -2.24. The highest BCUT2D eigenvalue weighted by Gasteiger charge is 2.09. The molecule has 0 aliphatic rings. The van der Waals surface area contributed by atoms with Crippen molar-refractivity contribution < 1.29 is 14.3 Å². The molecule has 9 nitrogen and oxygen atoms in total. The Kier molecular flexibility index (Phi) is 7.69. The third-order valence-corrected chi connectivity index (χ3v) is 4.01. The second-order valence-electron chi connectivity index (χ2n) is 7.15. The van der Waals surface area contributed by atoms with Crippen molar-refractivity contribution in [2.24, 2.45) is 11.0 Å². The molecule has 3 aromatic rings. The zero-order valence-corrected chi connectivity index (χ0v) is 17.9. The van der Waals surface area contributed by atoms with Crippen LogP contribution in [0.25, 0.3) is 11.4 Å². The van der Waals surface area contributed by atoms with E-state index in [9.17, 15) is 4.79 Å². The number of rotatable bonds is 10. The van der Waals surface area contributed by atoms with E-state index in [1.165, 1.54) is 11.0 Å². The Labute approximate surface area is 181 Å². The second kappa shape index (κ2) is 10.9. The quantitative estimate of drug-likeness (QED) is 0.398. The highest BCUT2D eigenvalue weighted by Crippen LogP contribution is 2.28. The van der Waals surface area contributed by atoms with E-state index >= 15 is 0 Å². The van der Waals surface area contributed by atoms with Gasteiger partial charge in [-0.25, -0.2) is 5.43 Å². The van der Waals surface area contributed by atoms with Gasteiger partial charge in [-0.15, -0.1) is 10.2 Å². The standard InChI is InChI=1S/C22H26N6O3/c1-4-30-20-12-17(10-11-19(20)31-15-16(2)3)13-23-24-21(29)14-28-26-22(25-27-28)18-8-6-5-7-9-18/h5-13,16H,4,14-15H2,1-3H3,(H,24,29)/b23-13-. The lowest BCUT2D eigenvalue weighted by atomic mass is 10.2. The first-order valence-corrected chi connectivity index (χ1v) is 10.1. The highest BCUT2D eigenvalue weighted by molar-refractivity contribution is 5.83. The molecule has 0 aliphatic heterocycles. The predicted molar refractivity (Wildman–Crippen MR) is 117 cm³/mol. The second-order valence-corrected chi connectivity index (χ2v) is 7.15. The largest absolute Gasteiger partial charge is 0.490 e. The Morgan fingerprint density at radius 1 is 1.16 bits per heavy atom. The summed E-state index contributed by atoms with van der Waals surface area (Å²) in [7, 11) is 0. The molecule has 0 bridgehead atoms. The van der Waals surface area contributed by atoms with Gasteiger partial charge >= 0.3 is 0 Å². The molecule has 0 radical (unpaired) electrons. The van der Waals surface area contributed by atoms with Gasteiger partial charge in [0.2, 0.25) is 5.82 Å². The average Bonchev–Trinajstić information content (AvgIpc) is 3.22. The first-order chi connectivity index (χ1) is 15.0. The van der Waals surface area contributed by atoms with Crippen molar-refractivity contribution in [2.75, 3.05) is 13.2 Å². The van der Waals surface area contributed by atoms with Gasteiger partial charge in [-0.3, -0.25) is 4.79 Å². The van der Waals surface area contributed by atoms with Crippen LogP contribution in [0.15, 0.2) is 53.6 Å². The van der Waals surface area contributed by atoms with Gasteiger partial charge in [-0.05, 0) is 41.8 Å². The summed E-state index contributed by atoms with van der Waals surface area (Å²) in [6, 6.07) is 14.9. The minimum Gasteiger partial charge on any atom is -0.490 e. The summed E-state index contributed by atoms with van der Waals surface area (Å²) in [5, 5.41) is 16.1. The Bertz CT molecular complexity index is 1020. The van der Waals surface area contributed by atoms with Crippen molar-refractivity contribution in [3.8, 4) is 22.9 Å². The summed E-state index contributed by atoms with van der Waals surface area (Å²) in [6.45, 7) is 7.11. The van der Waals surface area contributed by atoms with Crippen LogP contribution in [0.2, 0.25) is 0 Å². The van der Waals surface area contributed by atoms with E-state index in [0.29, 0.717) is 36.5 Å². The maximum absolute atomic E-state index is 12.1. The molecule has 2 aromatic carbocycles. The van der Waals surface area contributed by atoms with E-state index in [1.54, 1.807) is 0 Å². The number of tetrazole rings is 1. The van der Waals surface area contributed by atoms with Crippen LogP contribution in [0.4, 0.5) is 0 Å². The normalized spacial score (nSPS) is 11.1. The number of carbonyl (C=O) groups is 1. The lowest BCUT2D eigenvalue weighted by molar-refractivity contribution is -0.122. The molecule has 3 rings (SSSR count). The Hall–Kier alpha value is -3.75. The van der Waals surface area contributed by atoms with Crippen molar-refractivity contribution in [2.45, 2.75) is 27.3 Å². The number of benzene rings is 2. The minimum absolute atomic E-state index is 0.0939. The van der Waals surface area contributed by atoms with Crippen LogP contribution in [0.1, 0.15) is 26.3 Å². The summed E-state index contributed by atoms with van der Waals surface area (Å²) >= 11 is 0. The van der Waals surface area contributed by atoms with Crippen LogP contribution in [0, 0.1) is 5.92 Å². The summed E-state index contributed by atoms with van der Waals surface area (Å²) in [4.78, 5) is 13.3. The first kappa shape index (κ1) is 21.9. The number of nitrogens with zero attached hydrogens (tertiary/aromatic N) is 5. The molecule has 0 saturated heterocycles. The first-order valence-electron chi connectivity index (χ1n) is 10.1. The number of carbonyl (C=O) groups excluding carboxylic acids is 1. The molecule has 0 unspecified atom stereocenters. The number of ether oxygens (including phenoxy) is 2. The van der Waals surface area contributed by atoms with E-state index in [0.717, 1.165) is 11.1 Å². The van der Waals surface area contributed by atoms with Gasteiger partial charge in [0.05, 0.1) is 19.4 Å². The van der Waals surface area contributed by atoms with Crippen LogP contribution >= 0.6 is 0 Å². The van der Waals surface area contributed by atoms with E-state index in [2.05, 4.69) is 39.8 Å². The third-order valence-electron chi connectivity index (χ3n) is 4.01. The molecular formula is C22H26N6O3. The summed E-state index contributed by atoms with van der Waals surface area (Å²) in [5.74, 6) is 1.83. The van der Waals surface area contributed by atoms with Crippen molar-refractivity contribution >= 4 is 12.1 Å². The summed E-state index contributed by atoms with van der Waals surface area (Å²) in [5.41, 5.74) is 4.07. The van der Waals surface area contributed by atoms with Crippen molar-refractivity contribution in [3.05, 3.63) is 54.1 Å². The average molecular weight is 422 g/mol. The Morgan fingerprint density at radius 3 is 2.71 bits per heavy atom. The lowest BCUT2D eigenvalue weighted by Gasteiger charge is -2.13. The summed E-state index contributed by atoms with van der Waals surface area (Å²) in [6.07, 6.45) is 1.54. The number of hydrogen-bond donors (Lipinski definition) is 1. The van der Waals surface area contributed by atoms with Gasteiger partial charge < -0.3 is 9.47 Å². The maximum Gasteiger partial charge on any atom is 0.263 e. The number of aromatic nitrogens is 4. The number of nitrogens with one attached hydrogen (secondary N) is 1. The molecule has 0 saturated carbocycles. The molecule has 1 heterocycles. The smallest absolute Gasteiger partial charge is 0.263 e. The topological polar surface area (TPSA) is 104 Å². The molecule has 1 amide bonds. The monoisotopic (exact) mass is 422 g/mol. The number of hydrazone groups is 1. The fourth-order valence-corrected chi connectivity index (χ4v) is 2.60. The molecule has 1 N–H and O–H groups in total. The molecule has 0 fully saturated rings. The molecule has 0 aliphatic carbocycles. The van der Waals surface area contributed by atoms with E-state index < -0.39 is 0 Å². The van der Waals surface area contributed by atoms with E-state index in [1.807, 2.05) is 55.5 Å². The van der Waals surface area contributed by atoms with Gasteiger partial charge in [0.15, 0.2) is 11.5 Å². The molecular weight excluding hydrogens is 396 g/mol. The Balaban J connectivity index is 1.56. The van der Waals surface area contributed by atoms with Crippen molar-refractivity contribution in [3.63, 3.8) is 0 Å².